The van der Waals surface area contributed by atoms with Crippen molar-refractivity contribution in [1.29, 1.82) is 0 Å². The standard InChI is InChI=1S/C13H20N2O/c1-11-6-7-12(2)15(11)10-13(16)14-8-4-3-5-9-14/h6-7H,3-5,8-10H2,1-2H3. The number of amides is 1. The Balaban J connectivity index is 2.01. The minimum atomic E-state index is 0.266. The molecule has 1 amide bonds. The van der Waals surface area contributed by atoms with E-state index in [1.807, 2.05) is 4.90 Å². The van der Waals surface area contributed by atoms with E-state index >= 15 is 0 Å². The molecule has 88 valence electrons. The molecule has 0 unspecified atom stereocenters. The lowest BCUT2D eigenvalue weighted by atomic mass is 10.1. The van der Waals surface area contributed by atoms with Gasteiger partial charge in [-0.15, -0.1) is 0 Å². The molecule has 1 aliphatic rings. The van der Waals surface area contributed by atoms with E-state index in [-0.39, 0.29) is 5.91 Å². The molecule has 0 atom stereocenters. The van der Waals surface area contributed by atoms with Crippen LogP contribution in [0.5, 0.6) is 0 Å². The summed E-state index contributed by atoms with van der Waals surface area (Å²) in [6.07, 6.45) is 3.59. The third-order valence-electron chi connectivity index (χ3n) is 3.42. The van der Waals surface area contributed by atoms with Crippen molar-refractivity contribution >= 4 is 5.91 Å². The molecule has 2 rings (SSSR count). The Hall–Kier alpha value is -1.25. The molecule has 0 N–H and O–H groups in total. The van der Waals surface area contributed by atoms with Crippen LogP contribution < -0.4 is 0 Å². The number of hydrogen-bond acceptors (Lipinski definition) is 1. The van der Waals surface area contributed by atoms with Gasteiger partial charge in [-0.1, -0.05) is 0 Å². The average molecular weight is 220 g/mol. The number of rotatable bonds is 2. The molecule has 3 heteroatoms. The molecule has 1 aromatic heterocycles. The van der Waals surface area contributed by atoms with Crippen molar-refractivity contribution in [1.82, 2.24) is 9.47 Å². The fourth-order valence-corrected chi connectivity index (χ4v) is 2.33. The summed E-state index contributed by atoms with van der Waals surface area (Å²) in [6.45, 7) is 6.49. The molecule has 0 radical (unpaired) electrons. The molecule has 1 saturated heterocycles. The van der Waals surface area contributed by atoms with Crippen molar-refractivity contribution in [3.05, 3.63) is 23.5 Å². The van der Waals surface area contributed by atoms with E-state index < -0.39 is 0 Å². The summed E-state index contributed by atoms with van der Waals surface area (Å²) in [5.41, 5.74) is 2.34. The first-order valence-electron chi connectivity index (χ1n) is 6.09. The van der Waals surface area contributed by atoms with E-state index in [9.17, 15) is 4.79 Å². The molecule has 0 aliphatic carbocycles. The van der Waals surface area contributed by atoms with Crippen LogP contribution in [0.1, 0.15) is 30.7 Å². The SMILES string of the molecule is Cc1ccc(C)n1CC(=O)N1CCCCC1. The Morgan fingerprint density at radius 3 is 2.25 bits per heavy atom. The number of aryl methyl sites for hydroxylation is 2. The van der Waals surface area contributed by atoms with Gasteiger partial charge in [-0.2, -0.15) is 0 Å². The molecule has 1 fully saturated rings. The highest BCUT2D eigenvalue weighted by atomic mass is 16.2. The lowest BCUT2D eigenvalue weighted by molar-refractivity contribution is -0.132. The molecule has 0 spiro atoms. The van der Waals surface area contributed by atoms with E-state index in [2.05, 4.69) is 30.5 Å². The van der Waals surface area contributed by atoms with Crippen molar-refractivity contribution in [2.24, 2.45) is 0 Å². The largest absolute Gasteiger partial charge is 0.341 e. The van der Waals surface area contributed by atoms with Gasteiger partial charge in [0.25, 0.3) is 0 Å². The molecular formula is C13H20N2O. The topological polar surface area (TPSA) is 25.2 Å². The first-order chi connectivity index (χ1) is 7.68. The summed E-state index contributed by atoms with van der Waals surface area (Å²) in [6, 6.07) is 4.14. The Kier molecular flexibility index (Phi) is 3.32. The van der Waals surface area contributed by atoms with Gasteiger partial charge in [-0.05, 0) is 45.2 Å². The van der Waals surface area contributed by atoms with Crippen molar-refractivity contribution in [3.8, 4) is 0 Å². The maximum Gasteiger partial charge on any atom is 0.242 e. The first-order valence-corrected chi connectivity index (χ1v) is 6.09. The van der Waals surface area contributed by atoms with Crippen LogP contribution in [0.4, 0.5) is 0 Å². The van der Waals surface area contributed by atoms with Gasteiger partial charge in [0.15, 0.2) is 0 Å². The summed E-state index contributed by atoms with van der Waals surface area (Å²) in [4.78, 5) is 14.1. The Labute approximate surface area is 97.1 Å². The Morgan fingerprint density at radius 1 is 1.12 bits per heavy atom. The molecule has 0 saturated carbocycles. The normalized spacial score (nSPS) is 16.5. The predicted octanol–water partition coefficient (Wildman–Crippen LogP) is 2.12. The highest BCUT2D eigenvalue weighted by Crippen LogP contribution is 2.12. The minimum absolute atomic E-state index is 0.266. The first kappa shape index (κ1) is 11.2. The van der Waals surface area contributed by atoms with Crippen LogP contribution in [0.3, 0.4) is 0 Å². The smallest absolute Gasteiger partial charge is 0.242 e. The fourth-order valence-electron chi connectivity index (χ4n) is 2.33. The van der Waals surface area contributed by atoms with E-state index in [0.717, 1.165) is 25.9 Å². The van der Waals surface area contributed by atoms with Crippen LogP contribution >= 0.6 is 0 Å². The van der Waals surface area contributed by atoms with E-state index in [1.54, 1.807) is 0 Å². The molecule has 3 nitrogen and oxygen atoms in total. The van der Waals surface area contributed by atoms with Gasteiger partial charge in [0, 0.05) is 24.5 Å². The van der Waals surface area contributed by atoms with Crippen LogP contribution in [0, 0.1) is 13.8 Å². The number of carbonyl (C=O) groups excluding carboxylic acids is 1. The van der Waals surface area contributed by atoms with E-state index in [0.29, 0.717) is 6.54 Å². The highest BCUT2D eigenvalue weighted by Gasteiger charge is 2.17. The van der Waals surface area contributed by atoms with E-state index in [1.165, 1.54) is 17.8 Å². The van der Waals surface area contributed by atoms with Crippen LogP contribution in [0.15, 0.2) is 12.1 Å². The summed E-state index contributed by atoms with van der Waals surface area (Å²) >= 11 is 0. The second kappa shape index (κ2) is 4.73. The minimum Gasteiger partial charge on any atom is -0.341 e. The van der Waals surface area contributed by atoms with Gasteiger partial charge >= 0.3 is 0 Å². The lowest BCUT2D eigenvalue weighted by Crippen LogP contribution is -2.38. The average Bonchev–Trinajstić information content (AvgIpc) is 2.62. The monoisotopic (exact) mass is 220 g/mol. The zero-order valence-corrected chi connectivity index (χ0v) is 10.2. The number of piperidine rings is 1. The second-order valence-electron chi connectivity index (χ2n) is 4.64. The quantitative estimate of drug-likeness (QED) is 0.749. The summed E-state index contributed by atoms with van der Waals surface area (Å²) in [5, 5.41) is 0. The lowest BCUT2D eigenvalue weighted by Gasteiger charge is -2.27. The van der Waals surface area contributed by atoms with Crippen LogP contribution in [0.25, 0.3) is 0 Å². The van der Waals surface area contributed by atoms with Gasteiger partial charge in [-0.3, -0.25) is 4.79 Å². The number of carbonyl (C=O) groups is 1. The van der Waals surface area contributed by atoms with Gasteiger partial charge < -0.3 is 9.47 Å². The Bertz CT molecular complexity index is 356. The number of hydrogen-bond donors (Lipinski definition) is 0. The molecule has 1 aromatic rings. The number of aromatic nitrogens is 1. The zero-order valence-electron chi connectivity index (χ0n) is 10.2. The van der Waals surface area contributed by atoms with Gasteiger partial charge in [-0.25, -0.2) is 0 Å². The van der Waals surface area contributed by atoms with Crippen molar-refractivity contribution < 1.29 is 4.79 Å². The van der Waals surface area contributed by atoms with Crippen molar-refractivity contribution in [3.63, 3.8) is 0 Å². The third kappa shape index (κ3) is 2.29. The summed E-state index contributed by atoms with van der Waals surface area (Å²) < 4.78 is 2.09. The van der Waals surface area contributed by atoms with Gasteiger partial charge in [0.2, 0.25) is 5.91 Å². The number of nitrogens with zero attached hydrogens (tertiary/aromatic N) is 2. The maximum atomic E-state index is 12.1. The van der Waals surface area contributed by atoms with Gasteiger partial charge in [0.05, 0.1) is 0 Å². The Morgan fingerprint density at radius 2 is 1.69 bits per heavy atom. The summed E-state index contributed by atoms with van der Waals surface area (Å²) in [7, 11) is 0. The molecule has 0 aromatic carbocycles. The molecule has 2 heterocycles. The fraction of sp³-hybridized carbons (Fsp3) is 0.615. The van der Waals surface area contributed by atoms with Crippen LogP contribution in [-0.4, -0.2) is 28.5 Å². The number of likely N-dealkylation sites (tertiary alicyclic amines) is 1. The third-order valence-corrected chi connectivity index (χ3v) is 3.42. The predicted molar refractivity (Wildman–Crippen MR) is 64.3 cm³/mol. The molecular weight excluding hydrogens is 200 g/mol. The van der Waals surface area contributed by atoms with Crippen molar-refractivity contribution in [2.75, 3.05) is 13.1 Å². The van der Waals surface area contributed by atoms with Crippen LogP contribution in [0.2, 0.25) is 0 Å². The maximum absolute atomic E-state index is 12.1. The van der Waals surface area contributed by atoms with Crippen molar-refractivity contribution in [2.45, 2.75) is 39.7 Å². The molecule has 16 heavy (non-hydrogen) atoms. The summed E-state index contributed by atoms with van der Waals surface area (Å²) in [5.74, 6) is 0.266. The highest BCUT2D eigenvalue weighted by molar-refractivity contribution is 5.76. The molecule has 1 aliphatic heterocycles. The second-order valence-corrected chi connectivity index (χ2v) is 4.64. The van der Waals surface area contributed by atoms with Crippen LogP contribution in [-0.2, 0) is 11.3 Å². The van der Waals surface area contributed by atoms with Gasteiger partial charge in [0.1, 0.15) is 6.54 Å². The zero-order chi connectivity index (χ0) is 11.5. The molecule has 0 bridgehead atoms. The van der Waals surface area contributed by atoms with E-state index in [4.69, 9.17) is 0 Å².